The summed E-state index contributed by atoms with van der Waals surface area (Å²) in [5.41, 5.74) is 1.98. The highest BCUT2D eigenvalue weighted by atomic mass is 19.1. The summed E-state index contributed by atoms with van der Waals surface area (Å²) in [6.45, 7) is 5.23. The Morgan fingerprint density at radius 3 is 2.65 bits per heavy atom. The number of benzene rings is 2. The summed E-state index contributed by atoms with van der Waals surface area (Å²) < 4.78 is 39.9. The molecule has 1 aromatic heterocycles. The van der Waals surface area contributed by atoms with Gasteiger partial charge in [0.05, 0.1) is 18.6 Å². The first kappa shape index (κ1) is 22.3. The molecule has 34 heavy (non-hydrogen) atoms. The average Bonchev–Trinajstić information content (AvgIpc) is 3.22. The molecule has 0 atom stereocenters. The van der Waals surface area contributed by atoms with E-state index in [1.54, 1.807) is 6.07 Å². The number of hydrogen-bond acceptors (Lipinski definition) is 6. The van der Waals surface area contributed by atoms with Gasteiger partial charge in [-0.2, -0.15) is 0 Å². The van der Waals surface area contributed by atoms with Crippen LogP contribution in [0, 0.1) is 11.6 Å². The standard InChI is InChI=1S/C25H25F2N3O4/c1-2-28-25(32)15-9-16(14-30-4-3-18-20(27)11-17(26)12-21(18)30)24-19(10-15)22(31)13-23(34-24)29-5-7-33-8-6-29/h9-13H,2-8,14H2,1H3,(H,28,32). The number of hydrogen-bond donors (Lipinski definition) is 1. The van der Waals surface area contributed by atoms with Crippen molar-refractivity contribution in [2.45, 2.75) is 19.9 Å². The Morgan fingerprint density at radius 2 is 1.88 bits per heavy atom. The molecule has 0 aliphatic carbocycles. The Hall–Kier alpha value is -3.46. The second kappa shape index (κ2) is 9.06. The van der Waals surface area contributed by atoms with Crippen molar-refractivity contribution in [3.63, 3.8) is 0 Å². The van der Waals surface area contributed by atoms with Crippen molar-refractivity contribution in [1.29, 1.82) is 0 Å². The second-order valence-corrected chi connectivity index (χ2v) is 8.48. The molecule has 0 radical (unpaired) electrons. The zero-order valence-corrected chi connectivity index (χ0v) is 18.8. The zero-order chi connectivity index (χ0) is 23.8. The van der Waals surface area contributed by atoms with Gasteiger partial charge in [-0.25, -0.2) is 8.78 Å². The van der Waals surface area contributed by atoms with Crippen molar-refractivity contribution in [3.05, 3.63) is 68.9 Å². The molecular weight excluding hydrogens is 444 g/mol. The van der Waals surface area contributed by atoms with E-state index in [9.17, 15) is 18.4 Å². The summed E-state index contributed by atoms with van der Waals surface area (Å²) in [7, 11) is 0. The number of morpholine rings is 1. The molecule has 3 heterocycles. The molecule has 1 N–H and O–H groups in total. The van der Waals surface area contributed by atoms with Gasteiger partial charge in [-0.3, -0.25) is 9.59 Å². The fourth-order valence-electron chi connectivity index (χ4n) is 4.62. The summed E-state index contributed by atoms with van der Waals surface area (Å²) >= 11 is 0. The number of ether oxygens (including phenoxy) is 1. The highest BCUT2D eigenvalue weighted by Gasteiger charge is 2.26. The van der Waals surface area contributed by atoms with E-state index in [2.05, 4.69) is 5.32 Å². The predicted octanol–water partition coefficient (Wildman–Crippen LogP) is 3.22. The van der Waals surface area contributed by atoms with Crippen LogP contribution in [0.3, 0.4) is 0 Å². The number of halogens is 2. The van der Waals surface area contributed by atoms with Gasteiger partial charge in [0.1, 0.15) is 17.2 Å². The average molecular weight is 469 g/mol. The molecule has 7 nitrogen and oxygen atoms in total. The highest BCUT2D eigenvalue weighted by molar-refractivity contribution is 5.98. The van der Waals surface area contributed by atoms with E-state index < -0.39 is 11.6 Å². The molecule has 2 aliphatic rings. The van der Waals surface area contributed by atoms with Gasteiger partial charge in [0.25, 0.3) is 5.91 Å². The van der Waals surface area contributed by atoms with Crippen LogP contribution in [0.5, 0.6) is 0 Å². The lowest BCUT2D eigenvalue weighted by Gasteiger charge is -2.27. The normalized spacial score (nSPS) is 15.6. The first-order valence-electron chi connectivity index (χ1n) is 11.4. The largest absolute Gasteiger partial charge is 0.440 e. The molecule has 5 rings (SSSR count). The number of nitrogens with one attached hydrogen (secondary N) is 1. The van der Waals surface area contributed by atoms with Crippen LogP contribution in [-0.4, -0.2) is 45.3 Å². The van der Waals surface area contributed by atoms with Gasteiger partial charge < -0.3 is 24.3 Å². The highest BCUT2D eigenvalue weighted by Crippen LogP contribution is 2.34. The Labute approximate surface area is 194 Å². The van der Waals surface area contributed by atoms with E-state index in [0.29, 0.717) is 85.0 Å². The summed E-state index contributed by atoms with van der Waals surface area (Å²) in [5, 5.41) is 3.05. The maximum absolute atomic E-state index is 14.3. The molecule has 1 amide bonds. The molecule has 3 aromatic rings. The van der Waals surface area contributed by atoms with E-state index in [-0.39, 0.29) is 17.9 Å². The summed E-state index contributed by atoms with van der Waals surface area (Å²) in [4.78, 5) is 29.5. The summed E-state index contributed by atoms with van der Waals surface area (Å²) in [6, 6.07) is 6.87. The van der Waals surface area contributed by atoms with Crippen LogP contribution < -0.4 is 20.5 Å². The van der Waals surface area contributed by atoms with Crippen molar-refractivity contribution in [2.75, 3.05) is 49.2 Å². The molecule has 1 saturated heterocycles. The van der Waals surface area contributed by atoms with Gasteiger partial charge in [0, 0.05) is 67.2 Å². The van der Waals surface area contributed by atoms with E-state index in [0.717, 1.165) is 6.07 Å². The zero-order valence-electron chi connectivity index (χ0n) is 18.8. The number of amides is 1. The van der Waals surface area contributed by atoms with Crippen LogP contribution in [-0.2, 0) is 17.7 Å². The number of rotatable bonds is 5. The SMILES string of the molecule is CCNC(=O)c1cc(CN2CCc3c(F)cc(F)cc32)c2oc(N3CCOCC3)cc(=O)c2c1. The Balaban J connectivity index is 1.62. The lowest BCUT2D eigenvalue weighted by atomic mass is 10.0. The third-order valence-corrected chi connectivity index (χ3v) is 6.29. The smallest absolute Gasteiger partial charge is 0.251 e. The van der Waals surface area contributed by atoms with Crippen LogP contribution in [0.2, 0.25) is 0 Å². The maximum Gasteiger partial charge on any atom is 0.251 e. The fourth-order valence-corrected chi connectivity index (χ4v) is 4.62. The van der Waals surface area contributed by atoms with E-state index in [1.807, 2.05) is 16.7 Å². The van der Waals surface area contributed by atoms with Gasteiger partial charge in [-0.05, 0) is 31.5 Å². The lowest BCUT2D eigenvalue weighted by molar-refractivity contribution is 0.0956. The molecule has 0 saturated carbocycles. The first-order valence-corrected chi connectivity index (χ1v) is 11.4. The third-order valence-electron chi connectivity index (χ3n) is 6.29. The lowest BCUT2D eigenvalue weighted by Crippen LogP contribution is -2.36. The first-order chi connectivity index (χ1) is 16.4. The number of nitrogens with zero attached hydrogens (tertiary/aromatic N) is 2. The second-order valence-electron chi connectivity index (χ2n) is 8.48. The molecular formula is C25H25F2N3O4. The third kappa shape index (κ3) is 4.11. The fraction of sp³-hybridized carbons (Fsp3) is 0.360. The summed E-state index contributed by atoms with van der Waals surface area (Å²) in [6.07, 6.45) is 0.443. The van der Waals surface area contributed by atoms with Gasteiger partial charge in [-0.15, -0.1) is 0 Å². The Kier molecular flexibility index (Phi) is 5.95. The molecule has 2 aliphatic heterocycles. The minimum absolute atomic E-state index is 0.231. The van der Waals surface area contributed by atoms with E-state index >= 15 is 0 Å². The van der Waals surface area contributed by atoms with Crippen molar-refractivity contribution < 1.29 is 22.7 Å². The molecule has 0 bridgehead atoms. The number of carbonyl (C=O) groups is 1. The monoisotopic (exact) mass is 469 g/mol. The maximum atomic E-state index is 14.3. The van der Waals surface area contributed by atoms with Gasteiger partial charge in [-0.1, -0.05) is 0 Å². The van der Waals surface area contributed by atoms with Crippen LogP contribution in [0.15, 0.2) is 39.5 Å². The van der Waals surface area contributed by atoms with Crippen molar-refractivity contribution in [1.82, 2.24) is 5.32 Å². The van der Waals surface area contributed by atoms with Gasteiger partial charge in [0.15, 0.2) is 11.3 Å². The van der Waals surface area contributed by atoms with Crippen LogP contribution in [0.25, 0.3) is 11.0 Å². The Morgan fingerprint density at radius 1 is 1.09 bits per heavy atom. The van der Waals surface area contributed by atoms with Crippen molar-refractivity contribution >= 4 is 28.4 Å². The minimum Gasteiger partial charge on any atom is -0.440 e. The molecule has 0 spiro atoms. The topological polar surface area (TPSA) is 75.0 Å². The van der Waals surface area contributed by atoms with Crippen LogP contribution >= 0.6 is 0 Å². The number of carbonyl (C=O) groups excluding carboxylic acids is 1. The molecule has 1 fully saturated rings. The van der Waals surface area contributed by atoms with Crippen molar-refractivity contribution in [3.8, 4) is 0 Å². The summed E-state index contributed by atoms with van der Waals surface area (Å²) in [5.74, 6) is -1.09. The van der Waals surface area contributed by atoms with Crippen LogP contribution in [0.1, 0.15) is 28.4 Å². The van der Waals surface area contributed by atoms with Crippen molar-refractivity contribution in [2.24, 2.45) is 0 Å². The minimum atomic E-state index is -0.648. The molecule has 9 heteroatoms. The quantitative estimate of drug-likeness (QED) is 0.619. The molecule has 0 unspecified atom stereocenters. The number of anilines is 2. The van der Waals surface area contributed by atoms with Gasteiger partial charge >= 0.3 is 0 Å². The Bertz CT molecular complexity index is 1320. The van der Waals surface area contributed by atoms with Gasteiger partial charge in [0.2, 0.25) is 0 Å². The van der Waals surface area contributed by atoms with Crippen LogP contribution in [0.4, 0.5) is 20.4 Å². The van der Waals surface area contributed by atoms with E-state index in [1.165, 1.54) is 18.2 Å². The number of fused-ring (bicyclic) bond motifs is 2. The van der Waals surface area contributed by atoms with E-state index in [4.69, 9.17) is 9.15 Å². The predicted molar refractivity (Wildman–Crippen MR) is 125 cm³/mol. The molecule has 2 aromatic carbocycles. The molecule has 178 valence electrons.